The van der Waals surface area contributed by atoms with Crippen LogP contribution in [0.4, 0.5) is 11.4 Å². The molecule has 2 fully saturated rings. The number of carbonyl (C=O) groups is 1. The van der Waals surface area contributed by atoms with Crippen molar-refractivity contribution in [1.82, 2.24) is 9.21 Å². The number of likely N-dealkylation sites (N-methyl/N-ethyl adjacent to an activating group) is 1. The molecule has 0 aromatic heterocycles. The number of rotatable bonds is 7. The minimum atomic E-state index is -3.57. The molecule has 0 radical (unpaired) electrons. The van der Waals surface area contributed by atoms with Crippen LogP contribution in [0.1, 0.15) is 54.9 Å². The molecule has 1 amide bonds. The van der Waals surface area contributed by atoms with Gasteiger partial charge in [0.2, 0.25) is 10.0 Å². The van der Waals surface area contributed by atoms with Crippen LogP contribution >= 0.6 is 0 Å². The average Bonchev–Trinajstić information content (AvgIpc) is 2.90. The molecule has 1 heterocycles. The Hall–Kier alpha value is -2.42. The molecule has 0 spiro atoms. The standard InChI is InChI=1S/C27H38N4O3S/c1-4-30-16-18-31(19-17-30)24-12-15-26(21(2)20-24)28-27(32)22-10-13-25(14-11-22)35(33,34)29(3)23-8-6-5-7-9-23/h10-15,20,23H,4-9,16-19H2,1-3H3,(H,28,32). The molecule has 2 aromatic carbocycles. The van der Waals surface area contributed by atoms with Crippen LogP contribution in [0.2, 0.25) is 0 Å². The number of aryl methyl sites for hydroxylation is 1. The summed E-state index contributed by atoms with van der Waals surface area (Å²) >= 11 is 0. The lowest BCUT2D eigenvalue weighted by Gasteiger charge is -2.35. The third-order valence-electron chi connectivity index (χ3n) is 7.53. The maximum atomic E-state index is 13.1. The maximum absolute atomic E-state index is 13.1. The first-order valence-corrected chi connectivity index (χ1v) is 14.2. The fourth-order valence-electron chi connectivity index (χ4n) is 5.09. The Morgan fingerprint density at radius 3 is 2.26 bits per heavy atom. The molecule has 0 bridgehead atoms. The second-order valence-corrected chi connectivity index (χ2v) is 11.7. The first-order chi connectivity index (χ1) is 16.8. The number of hydrogen-bond acceptors (Lipinski definition) is 5. The van der Waals surface area contributed by atoms with Gasteiger partial charge in [0.05, 0.1) is 4.90 Å². The van der Waals surface area contributed by atoms with Crippen LogP contribution in [0, 0.1) is 6.92 Å². The second-order valence-electron chi connectivity index (χ2n) is 9.71. The first kappa shape index (κ1) is 25.7. The Morgan fingerprint density at radius 1 is 1.00 bits per heavy atom. The number of piperazine rings is 1. The number of nitrogens with zero attached hydrogens (tertiary/aromatic N) is 3. The summed E-state index contributed by atoms with van der Waals surface area (Å²) in [6.07, 6.45) is 5.12. The van der Waals surface area contributed by atoms with Crippen LogP contribution in [0.25, 0.3) is 0 Å². The molecular weight excluding hydrogens is 460 g/mol. The van der Waals surface area contributed by atoms with Crippen molar-refractivity contribution in [3.05, 3.63) is 53.6 Å². The Bertz CT molecular complexity index is 1120. The Labute approximate surface area is 210 Å². The smallest absolute Gasteiger partial charge is 0.255 e. The quantitative estimate of drug-likeness (QED) is 0.615. The van der Waals surface area contributed by atoms with Gasteiger partial charge >= 0.3 is 0 Å². The molecule has 2 aliphatic rings. The number of anilines is 2. The molecule has 2 aromatic rings. The Morgan fingerprint density at radius 2 is 1.66 bits per heavy atom. The van der Waals surface area contributed by atoms with Crippen molar-refractivity contribution >= 4 is 27.3 Å². The third kappa shape index (κ3) is 5.88. The highest BCUT2D eigenvalue weighted by molar-refractivity contribution is 7.89. The van der Waals surface area contributed by atoms with Gasteiger partial charge < -0.3 is 15.1 Å². The summed E-state index contributed by atoms with van der Waals surface area (Å²) in [5, 5.41) is 2.98. The van der Waals surface area contributed by atoms with E-state index in [-0.39, 0.29) is 16.8 Å². The highest BCUT2D eigenvalue weighted by atomic mass is 32.2. The van der Waals surface area contributed by atoms with E-state index < -0.39 is 10.0 Å². The van der Waals surface area contributed by atoms with E-state index in [0.29, 0.717) is 5.56 Å². The molecule has 0 atom stereocenters. The SMILES string of the molecule is CCN1CCN(c2ccc(NC(=O)c3ccc(S(=O)(=O)N(C)C4CCCCC4)cc3)c(C)c2)CC1. The molecular formula is C27H38N4O3S. The normalized spacial score (nSPS) is 18.1. The van der Waals surface area contributed by atoms with Crippen molar-refractivity contribution in [2.24, 2.45) is 0 Å². The van der Waals surface area contributed by atoms with Gasteiger partial charge in [0, 0.05) is 56.2 Å². The van der Waals surface area contributed by atoms with E-state index in [1.54, 1.807) is 19.2 Å². The zero-order chi connectivity index (χ0) is 25.0. The van der Waals surface area contributed by atoms with Gasteiger partial charge in [-0.2, -0.15) is 4.31 Å². The number of amides is 1. The van der Waals surface area contributed by atoms with Gasteiger partial charge in [-0.05, 0) is 74.3 Å². The minimum Gasteiger partial charge on any atom is -0.369 e. The molecule has 8 heteroatoms. The summed E-state index contributed by atoms with van der Waals surface area (Å²) in [5.41, 5.74) is 3.37. The zero-order valence-corrected chi connectivity index (χ0v) is 22.0. The molecule has 190 valence electrons. The van der Waals surface area contributed by atoms with E-state index in [9.17, 15) is 13.2 Å². The lowest BCUT2D eigenvalue weighted by molar-refractivity contribution is 0.102. The molecule has 4 rings (SSSR count). The van der Waals surface area contributed by atoms with E-state index in [0.717, 1.165) is 69.7 Å². The van der Waals surface area contributed by atoms with E-state index in [4.69, 9.17) is 0 Å². The van der Waals surface area contributed by atoms with Gasteiger partial charge in [0.15, 0.2) is 0 Å². The van der Waals surface area contributed by atoms with Crippen molar-refractivity contribution in [3.8, 4) is 0 Å². The minimum absolute atomic E-state index is 0.0539. The summed E-state index contributed by atoms with van der Waals surface area (Å²) in [6, 6.07) is 12.4. The monoisotopic (exact) mass is 498 g/mol. The van der Waals surface area contributed by atoms with Gasteiger partial charge in [-0.1, -0.05) is 26.2 Å². The third-order valence-corrected chi connectivity index (χ3v) is 9.45. The second kappa shape index (κ2) is 11.1. The van der Waals surface area contributed by atoms with E-state index in [2.05, 4.69) is 34.2 Å². The van der Waals surface area contributed by atoms with Gasteiger partial charge in [0.1, 0.15) is 0 Å². The number of hydrogen-bond donors (Lipinski definition) is 1. The molecule has 35 heavy (non-hydrogen) atoms. The highest BCUT2D eigenvalue weighted by Gasteiger charge is 2.29. The maximum Gasteiger partial charge on any atom is 0.255 e. The number of sulfonamides is 1. The molecule has 1 saturated carbocycles. The molecule has 7 nitrogen and oxygen atoms in total. The van der Waals surface area contributed by atoms with Crippen molar-refractivity contribution in [2.45, 2.75) is 56.9 Å². The Kier molecular flexibility index (Phi) is 8.14. The van der Waals surface area contributed by atoms with E-state index >= 15 is 0 Å². The molecule has 1 aliphatic heterocycles. The topological polar surface area (TPSA) is 73.0 Å². The predicted octanol–water partition coefficient (Wildman–Crippen LogP) is 4.34. The fourth-order valence-corrected chi connectivity index (χ4v) is 6.50. The molecule has 1 saturated heterocycles. The lowest BCUT2D eigenvalue weighted by atomic mass is 9.96. The molecule has 0 unspecified atom stereocenters. The van der Waals surface area contributed by atoms with Crippen LogP contribution in [0.15, 0.2) is 47.4 Å². The van der Waals surface area contributed by atoms with Crippen molar-refractivity contribution in [1.29, 1.82) is 0 Å². The summed E-state index contributed by atoms with van der Waals surface area (Å²) in [4.78, 5) is 17.9. The van der Waals surface area contributed by atoms with Crippen LogP contribution in [0.3, 0.4) is 0 Å². The Balaban J connectivity index is 1.40. The van der Waals surface area contributed by atoms with Gasteiger partial charge in [0.25, 0.3) is 5.91 Å². The highest BCUT2D eigenvalue weighted by Crippen LogP contribution is 2.27. The fraction of sp³-hybridized carbons (Fsp3) is 0.519. The predicted molar refractivity (Wildman–Crippen MR) is 142 cm³/mol. The van der Waals surface area contributed by atoms with E-state index in [1.807, 2.05) is 13.0 Å². The summed E-state index contributed by atoms with van der Waals surface area (Å²) in [7, 11) is -1.90. The van der Waals surface area contributed by atoms with Crippen LogP contribution in [-0.2, 0) is 10.0 Å². The van der Waals surface area contributed by atoms with Crippen molar-refractivity contribution < 1.29 is 13.2 Å². The largest absolute Gasteiger partial charge is 0.369 e. The first-order valence-electron chi connectivity index (χ1n) is 12.8. The summed E-state index contributed by atoms with van der Waals surface area (Å²) in [6.45, 7) is 9.42. The van der Waals surface area contributed by atoms with Crippen molar-refractivity contribution in [2.75, 3.05) is 50.0 Å². The van der Waals surface area contributed by atoms with Crippen molar-refractivity contribution in [3.63, 3.8) is 0 Å². The number of nitrogens with one attached hydrogen (secondary N) is 1. The summed E-state index contributed by atoms with van der Waals surface area (Å²) in [5.74, 6) is -0.248. The van der Waals surface area contributed by atoms with Crippen LogP contribution in [-0.4, -0.2) is 69.3 Å². The molecule has 1 N–H and O–H groups in total. The van der Waals surface area contributed by atoms with Gasteiger partial charge in [-0.3, -0.25) is 4.79 Å². The number of benzene rings is 2. The van der Waals surface area contributed by atoms with E-state index in [1.165, 1.54) is 28.5 Å². The van der Waals surface area contributed by atoms with Crippen LogP contribution < -0.4 is 10.2 Å². The number of carbonyl (C=O) groups excluding carboxylic acids is 1. The van der Waals surface area contributed by atoms with Gasteiger partial charge in [-0.15, -0.1) is 0 Å². The summed E-state index contributed by atoms with van der Waals surface area (Å²) < 4.78 is 27.6. The zero-order valence-electron chi connectivity index (χ0n) is 21.2. The van der Waals surface area contributed by atoms with Gasteiger partial charge in [-0.25, -0.2) is 8.42 Å². The lowest BCUT2D eigenvalue weighted by Crippen LogP contribution is -2.46. The average molecular weight is 499 g/mol. The van der Waals surface area contributed by atoms with Crippen LogP contribution in [0.5, 0.6) is 0 Å². The molecule has 1 aliphatic carbocycles.